The molecule has 4 rings (SSSR count). The molecule has 0 bridgehead atoms. The van der Waals surface area contributed by atoms with Crippen molar-refractivity contribution < 1.29 is 4.79 Å². The number of anilines is 1. The fraction of sp³-hybridized carbons (Fsp3) is 0.435. The van der Waals surface area contributed by atoms with E-state index in [0.717, 1.165) is 47.2 Å². The van der Waals surface area contributed by atoms with Crippen molar-refractivity contribution in [1.82, 2.24) is 14.8 Å². The van der Waals surface area contributed by atoms with Crippen LogP contribution in [0.3, 0.4) is 0 Å². The molecule has 5 nitrogen and oxygen atoms in total. The number of amides is 1. The number of aromatic nitrogens is 3. The second-order valence-electron chi connectivity index (χ2n) is 7.87. The first-order valence-electron chi connectivity index (χ1n) is 10.6. The van der Waals surface area contributed by atoms with E-state index in [4.69, 9.17) is 0 Å². The normalized spacial score (nSPS) is 13.3. The highest BCUT2D eigenvalue weighted by Crippen LogP contribution is 2.37. The van der Waals surface area contributed by atoms with Crippen LogP contribution < -0.4 is 5.32 Å². The molecule has 158 valence electrons. The first kappa shape index (κ1) is 21.1. The zero-order valence-corrected chi connectivity index (χ0v) is 19.5. The molecule has 1 aliphatic carbocycles. The summed E-state index contributed by atoms with van der Waals surface area (Å²) < 4.78 is 2.19. The van der Waals surface area contributed by atoms with Gasteiger partial charge in [0.05, 0.1) is 5.75 Å². The average molecular weight is 441 g/mol. The number of aryl methyl sites for hydroxylation is 3. The summed E-state index contributed by atoms with van der Waals surface area (Å²) in [5, 5.41) is 15.1. The molecule has 30 heavy (non-hydrogen) atoms. The van der Waals surface area contributed by atoms with E-state index in [1.54, 1.807) is 0 Å². The Morgan fingerprint density at radius 1 is 1.23 bits per heavy atom. The molecule has 0 saturated carbocycles. The molecule has 1 amide bonds. The molecule has 3 aromatic rings. The maximum absolute atomic E-state index is 12.6. The SMILES string of the molecule is CCCn1c(SCC(=O)Nc2cc(C)ccc2C)nnc1-c1csc2c1CCCC2. The maximum Gasteiger partial charge on any atom is 0.234 e. The summed E-state index contributed by atoms with van der Waals surface area (Å²) in [4.78, 5) is 14.1. The number of benzene rings is 1. The Morgan fingerprint density at radius 3 is 2.90 bits per heavy atom. The van der Waals surface area contributed by atoms with Crippen LogP contribution in [0.1, 0.15) is 47.8 Å². The van der Waals surface area contributed by atoms with E-state index in [1.165, 1.54) is 47.0 Å². The fourth-order valence-electron chi connectivity index (χ4n) is 3.89. The fourth-order valence-corrected chi connectivity index (χ4v) is 5.78. The number of nitrogens with zero attached hydrogens (tertiary/aromatic N) is 3. The van der Waals surface area contributed by atoms with Crippen LogP contribution in [0.4, 0.5) is 5.69 Å². The highest BCUT2D eigenvalue weighted by atomic mass is 32.2. The lowest BCUT2D eigenvalue weighted by atomic mass is 9.95. The van der Waals surface area contributed by atoms with Gasteiger partial charge in [0.25, 0.3) is 0 Å². The van der Waals surface area contributed by atoms with Crippen LogP contribution in [0, 0.1) is 13.8 Å². The molecule has 0 fully saturated rings. The number of fused-ring (bicyclic) bond motifs is 1. The second kappa shape index (κ2) is 9.35. The number of carbonyl (C=O) groups excluding carboxylic acids is 1. The lowest BCUT2D eigenvalue weighted by Crippen LogP contribution is -2.15. The van der Waals surface area contributed by atoms with Crippen LogP contribution in [-0.4, -0.2) is 26.4 Å². The molecule has 0 atom stereocenters. The highest BCUT2D eigenvalue weighted by Gasteiger charge is 2.22. The van der Waals surface area contributed by atoms with Crippen LogP contribution in [0.15, 0.2) is 28.7 Å². The van der Waals surface area contributed by atoms with Gasteiger partial charge < -0.3 is 9.88 Å². The maximum atomic E-state index is 12.6. The van der Waals surface area contributed by atoms with E-state index in [1.807, 2.05) is 37.3 Å². The highest BCUT2D eigenvalue weighted by molar-refractivity contribution is 7.99. The van der Waals surface area contributed by atoms with Crippen LogP contribution >= 0.6 is 23.1 Å². The number of rotatable bonds is 7. The number of hydrogen-bond acceptors (Lipinski definition) is 5. The van der Waals surface area contributed by atoms with Crippen molar-refractivity contribution >= 4 is 34.7 Å². The minimum atomic E-state index is -0.0192. The van der Waals surface area contributed by atoms with Gasteiger partial charge >= 0.3 is 0 Å². The van der Waals surface area contributed by atoms with Crippen molar-refractivity contribution in [3.05, 3.63) is 45.1 Å². The van der Waals surface area contributed by atoms with Gasteiger partial charge in [-0.15, -0.1) is 21.5 Å². The van der Waals surface area contributed by atoms with Crippen molar-refractivity contribution in [1.29, 1.82) is 0 Å². The van der Waals surface area contributed by atoms with Gasteiger partial charge in [0, 0.05) is 28.1 Å². The van der Waals surface area contributed by atoms with Gasteiger partial charge in [-0.1, -0.05) is 30.8 Å². The molecule has 1 N–H and O–H groups in total. The quantitative estimate of drug-likeness (QED) is 0.483. The molecular formula is C23H28N4OS2. The number of nitrogens with one attached hydrogen (secondary N) is 1. The van der Waals surface area contributed by atoms with Crippen molar-refractivity contribution in [2.45, 2.75) is 64.6 Å². The third-order valence-electron chi connectivity index (χ3n) is 5.47. The summed E-state index contributed by atoms with van der Waals surface area (Å²) in [7, 11) is 0. The minimum Gasteiger partial charge on any atom is -0.325 e. The lowest BCUT2D eigenvalue weighted by Gasteiger charge is -2.14. The zero-order chi connectivity index (χ0) is 21.1. The number of thioether (sulfide) groups is 1. The van der Waals surface area contributed by atoms with Crippen LogP contribution in [0.5, 0.6) is 0 Å². The van der Waals surface area contributed by atoms with E-state index in [9.17, 15) is 4.79 Å². The molecule has 1 aliphatic rings. The smallest absolute Gasteiger partial charge is 0.234 e. The summed E-state index contributed by atoms with van der Waals surface area (Å²) >= 11 is 3.31. The minimum absolute atomic E-state index is 0.0192. The molecule has 0 spiro atoms. The van der Waals surface area contributed by atoms with Crippen molar-refractivity contribution in [3.8, 4) is 11.4 Å². The topological polar surface area (TPSA) is 59.8 Å². The second-order valence-corrected chi connectivity index (χ2v) is 9.78. The summed E-state index contributed by atoms with van der Waals surface area (Å²) in [6, 6.07) is 6.09. The third-order valence-corrected chi connectivity index (χ3v) is 7.52. The van der Waals surface area contributed by atoms with Gasteiger partial charge in [0.15, 0.2) is 11.0 Å². The Hall–Kier alpha value is -2.12. The molecule has 7 heteroatoms. The summed E-state index contributed by atoms with van der Waals surface area (Å²) in [5.41, 5.74) is 5.77. The van der Waals surface area contributed by atoms with E-state index in [2.05, 4.69) is 38.5 Å². The zero-order valence-electron chi connectivity index (χ0n) is 17.8. The summed E-state index contributed by atoms with van der Waals surface area (Å²) in [6.45, 7) is 7.05. The Labute approximate surface area is 186 Å². The van der Waals surface area contributed by atoms with E-state index < -0.39 is 0 Å². The first-order valence-corrected chi connectivity index (χ1v) is 12.5. The molecule has 0 aliphatic heterocycles. The van der Waals surface area contributed by atoms with Crippen LogP contribution in [0.2, 0.25) is 0 Å². The average Bonchev–Trinajstić information content (AvgIpc) is 3.33. The molecule has 0 unspecified atom stereocenters. The standard InChI is InChI=1S/C23H28N4OS2/c1-4-11-27-22(18-13-29-20-8-6-5-7-17(18)20)25-26-23(27)30-14-21(28)24-19-12-15(2)9-10-16(19)3/h9-10,12-13H,4-8,11,14H2,1-3H3,(H,24,28). The predicted octanol–water partition coefficient (Wildman–Crippen LogP) is 5.64. The Balaban J connectivity index is 1.50. The predicted molar refractivity (Wildman–Crippen MR) is 126 cm³/mol. The van der Waals surface area contributed by atoms with Crippen molar-refractivity contribution in [3.63, 3.8) is 0 Å². The van der Waals surface area contributed by atoms with E-state index in [-0.39, 0.29) is 5.91 Å². The van der Waals surface area contributed by atoms with Gasteiger partial charge in [-0.2, -0.15) is 0 Å². The number of thiophene rings is 1. The third kappa shape index (κ3) is 4.47. The van der Waals surface area contributed by atoms with Gasteiger partial charge in [-0.25, -0.2) is 0 Å². The van der Waals surface area contributed by atoms with Crippen LogP contribution in [-0.2, 0) is 24.2 Å². The van der Waals surface area contributed by atoms with E-state index in [0.29, 0.717) is 5.75 Å². The molecule has 0 radical (unpaired) electrons. The Kier molecular flexibility index (Phi) is 6.58. The van der Waals surface area contributed by atoms with Gasteiger partial charge in [0.1, 0.15) is 0 Å². The molecule has 2 aromatic heterocycles. The first-order chi connectivity index (χ1) is 14.6. The Bertz CT molecular complexity index is 1050. The van der Waals surface area contributed by atoms with Crippen LogP contribution in [0.25, 0.3) is 11.4 Å². The van der Waals surface area contributed by atoms with Gasteiger partial charge in [0.2, 0.25) is 5.91 Å². The Morgan fingerprint density at radius 2 is 2.07 bits per heavy atom. The summed E-state index contributed by atoms with van der Waals surface area (Å²) in [5.74, 6) is 1.25. The largest absolute Gasteiger partial charge is 0.325 e. The van der Waals surface area contributed by atoms with Gasteiger partial charge in [-0.05, 0) is 68.7 Å². The number of carbonyl (C=O) groups is 1. The summed E-state index contributed by atoms with van der Waals surface area (Å²) in [6.07, 6.45) is 5.85. The molecular weight excluding hydrogens is 412 g/mol. The van der Waals surface area contributed by atoms with Crippen molar-refractivity contribution in [2.75, 3.05) is 11.1 Å². The van der Waals surface area contributed by atoms with Gasteiger partial charge in [-0.3, -0.25) is 4.79 Å². The van der Waals surface area contributed by atoms with E-state index >= 15 is 0 Å². The monoisotopic (exact) mass is 440 g/mol. The molecule has 2 heterocycles. The van der Waals surface area contributed by atoms with Crippen molar-refractivity contribution in [2.24, 2.45) is 0 Å². The molecule has 0 saturated heterocycles. The molecule has 1 aromatic carbocycles. The number of hydrogen-bond donors (Lipinski definition) is 1. The lowest BCUT2D eigenvalue weighted by molar-refractivity contribution is -0.113.